The molecule has 0 atom stereocenters. The Bertz CT molecular complexity index is 440. The molecule has 16 heavy (non-hydrogen) atoms. The number of aryl methyl sites for hydroxylation is 1. The largest absolute Gasteiger partial charge is 0.385 e. The van der Waals surface area contributed by atoms with Gasteiger partial charge in [-0.1, -0.05) is 0 Å². The van der Waals surface area contributed by atoms with Gasteiger partial charge in [-0.15, -0.1) is 10.2 Å². The Balaban J connectivity index is 2.91. The lowest BCUT2D eigenvalue weighted by Gasteiger charge is -2.05. The summed E-state index contributed by atoms with van der Waals surface area (Å²) in [6, 6.07) is 0. The molecule has 1 aromatic heterocycles. The summed E-state index contributed by atoms with van der Waals surface area (Å²) in [4.78, 5) is 0. The second-order valence-electron chi connectivity index (χ2n) is 3.28. The van der Waals surface area contributed by atoms with Gasteiger partial charge >= 0.3 is 0 Å². The van der Waals surface area contributed by atoms with Gasteiger partial charge in [0.05, 0.1) is 0 Å². The lowest BCUT2D eigenvalue weighted by molar-refractivity contribution is 0.194. The first-order valence-corrected chi connectivity index (χ1v) is 6.49. The highest BCUT2D eigenvalue weighted by Gasteiger charge is 2.19. The molecule has 0 saturated heterocycles. The fourth-order valence-corrected chi connectivity index (χ4v) is 2.10. The van der Waals surface area contributed by atoms with Crippen LogP contribution >= 0.6 is 0 Å². The van der Waals surface area contributed by atoms with Crippen molar-refractivity contribution in [1.29, 1.82) is 0 Å². The first kappa shape index (κ1) is 13.1. The zero-order valence-electron chi connectivity index (χ0n) is 9.38. The molecule has 0 fully saturated rings. The minimum Gasteiger partial charge on any atom is -0.385 e. The fourth-order valence-electron chi connectivity index (χ4n) is 1.41. The van der Waals surface area contributed by atoms with Gasteiger partial charge in [0, 0.05) is 26.7 Å². The van der Waals surface area contributed by atoms with Gasteiger partial charge < -0.3 is 9.30 Å². The van der Waals surface area contributed by atoms with Crippen LogP contribution in [0.1, 0.15) is 19.2 Å². The Morgan fingerprint density at radius 2 is 2.12 bits per heavy atom. The van der Waals surface area contributed by atoms with Gasteiger partial charge in [0.15, 0.2) is 0 Å². The molecule has 92 valence electrons. The molecule has 0 bridgehead atoms. The summed E-state index contributed by atoms with van der Waals surface area (Å²) in [5.41, 5.74) is 0. The summed E-state index contributed by atoms with van der Waals surface area (Å²) in [5, 5.41) is 12.3. The van der Waals surface area contributed by atoms with E-state index >= 15 is 0 Å². The van der Waals surface area contributed by atoms with Crippen molar-refractivity contribution in [2.45, 2.75) is 31.5 Å². The maximum absolute atomic E-state index is 11.2. The van der Waals surface area contributed by atoms with Crippen LogP contribution in [0.2, 0.25) is 0 Å². The smallest absolute Gasteiger partial charge is 0.273 e. The monoisotopic (exact) mass is 248 g/mol. The van der Waals surface area contributed by atoms with Crippen molar-refractivity contribution in [1.82, 2.24) is 14.8 Å². The molecule has 0 unspecified atom stereocenters. The standard InChI is InChI=1S/C8H16N4O3S/c1-3-12-7(5-4-6-15-2)10-11-8(12)16(9,13)14/h3-6H2,1-2H3,(H2,9,13,14). The molecule has 7 nitrogen and oxygen atoms in total. The number of hydrogen-bond acceptors (Lipinski definition) is 5. The second-order valence-corrected chi connectivity index (χ2v) is 4.74. The number of hydrogen-bond donors (Lipinski definition) is 1. The molecule has 1 rings (SSSR count). The van der Waals surface area contributed by atoms with E-state index in [0.29, 0.717) is 25.4 Å². The van der Waals surface area contributed by atoms with E-state index in [1.165, 1.54) is 4.57 Å². The number of sulfonamides is 1. The van der Waals surface area contributed by atoms with Crippen molar-refractivity contribution in [2.75, 3.05) is 13.7 Å². The molecule has 0 saturated carbocycles. The highest BCUT2D eigenvalue weighted by Crippen LogP contribution is 2.08. The molecule has 0 spiro atoms. The number of nitrogens with two attached hydrogens (primary N) is 1. The van der Waals surface area contributed by atoms with Crippen LogP contribution in [0.15, 0.2) is 5.16 Å². The average molecular weight is 248 g/mol. The summed E-state index contributed by atoms with van der Waals surface area (Å²) < 4.78 is 28.8. The van der Waals surface area contributed by atoms with Crippen LogP contribution in [0.3, 0.4) is 0 Å². The first-order valence-electron chi connectivity index (χ1n) is 4.94. The first-order chi connectivity index (χ1) is 7.50. The molecule has 8 heteroatoms. The Morgan fingerprint density at radius 1 is 1.44 bits per heavy atom. The molecule has 1 aromatic rings. The Kier molecular flexibility index (Phi) is 4.39. The topological polar surface area (TPSA) is 100 Å². The molecule has 1 heterocycles. The SMILES string of the molecule is CCn1c(CCCOC)nnc1S(N)(=O)=O. The molecule has 0 aliphatic rings. The molecular formula is C8H16N4O3S. The van der Waals surface area contributed by atoms with E-state index in [0.717, 1.165) is 6.42 Å². The fraction of sp³-hybridized carbons (Fsp3) is 0.750. The minimum atomic E-state index is -3.80. The number of ether oxygens (including phenoxy) is 1. The van der Waals surface area contributed by atoms with Gasteiger partial charge in [-0.05, 0) is 13.3 Å². The normalized spacial score (nSPS) is 11.9. The summed E-state index contributed by atoms with van der Waals surface area (Å²) in [7, 11) is -2.19. The molecule has 0 amide bonds. The molecule has 0 aliphatic heterocycles. The van der Waals surface area contributed by atoms with Crippen LogP contribution in [0.4, 0.5) is 0 Å². The number of nitrogens with zero attached hydrogens (tertiary/aromatic N) is 3. The summed E-state index contributed by atoms with van der Waals surface area (Å²) in [6.45, 7) is 2.89. The lowest BCUT2D eigenvalue weighted by atomic mass is 10.3. The van der Waals surface area contributed by atoms with Gasteiger partial charge in [-0.2, -0.15) is 0 Å². The third kappa shape index (κ3) is 3.00. The van der Waals surface area contributed by atoms with Crippen molar-refractivity contribution in [3.63, 3.8) is 0 Å². The van der Waals surface area contributed by atoms with Gasteiger partial charge in [0.1, 0.15) is 5.82 Å². The predicted molar refractivity (Wildman–Crippen MR) is 57.3 cm³/mol. The van der Waals surface area contributed by atoms with Crippen molar-refractivity contribution in [3.8, 4) is 0 Å². The van der Waals surface area contributed by atoms with Crippen LogP contribution in [0, 0.1) is 0 Å². The van der Waals surface area contributed by atoms with Crippen molar-refractivity contribution in [3.05, 3.63) is 5.82 Å². The van der Waals surface area contributed by atoms with Gasteiger partial charge in [0.2, 0.25) is 0 Å². The molecule has 0 radical (unpaired) electrons. The number of rotatable bonds is 6. The highest BCUT2D eigenvalue weighted by molar-refractivity contribution is 7.89. The number of primary sulfonamides is 1. The zero-order valence-corrected chi connectivity index (χ0v) is 10.2. The Morgan fingerprint density at radius 3 is 2.62 bits per heavy atom. The van der Waals surface area contributed by atoms with E-state index in [1.807, 2.05) is 6.92 Å². The van der Waals surface area contributed by atoms with E-state index in [1.54, 1.807) is 7.11 Å². The Hall–Kier alpha value is -0.990. The summed E-state index contributed by atoms with van der Waals surface area (Å²) in [5.74, 6) is 0.614. The van der Waals surface area contributed by atoms with Crippen LogP contribution < -0.4 is 5.14 Å². The van der Waals surface area contributed by atoms with E-state index in [2.05, 4.69) is 10.2 Å². The molecule has 0 aliphatic carbocycles. The lowest BCUT2D eigenvalue weighted by Crippen LogP contribution is -2.19. The highest BCUT2D eigenvalue weighted by atomic mass is 32.2. The number of aromatic nitrogens is 3. The van der Waals surface area contributed by atoms with Crippen LogP contribution in [-0.2, 0) is 27.7 Å². The molecule has 0 aromatic carbocycles. The maximum atomic E-state index is 11.2. The van der Waals surface area contributed by atoms with Crippen molar-refractivity contribution >= 4 is 10.0 Å². The maximum Gasteiger partial charge on any atom is 0.273 e. The van der Waals surface area contributed by atoms with Gasteiger partial charge in [-0.25, -0.2) is 13.6 Å². The second kappa shape index (κ2) is 5.37. The van der Waals surface area contributed by atoms with E-state index < -0.39 is 10.0 Å². The zero-order chi connectivity index (χ0) is 12.2. The van der Waals surface area contributed by atoms with Crippen LogP contribution in [0.25, 0.3) is 0 Å². The molecular weight excluding hydrogens is 232 g/mol. The summed E-state index contributed by atoms with van der Waals surface area (Å²) in [6.07, 6.45) is 1.38. The predicted octanol–water partition coefficient (Wildman–Crippen LogP) is -0.476. The van der Waals surface area contributed by atoms with Crippen molar-refractivity contribution < 1.29 is 13.2 Å². The Labute approximate surface area is 94.7 Å². The van der Waals surface area contributed by atoms with Gasteiger partial charge in [-0.3, -0.25) is 0 Å². The van der Waals surface area contributed by atoms with E-state index in [4.69, 9.17) is 9.88 Å². The van der Waals surface area contributed by atoms with E-state index in [-0.39, 0.29) is 5.16 Å². The van der Waals surface area contributed by atoms with E-state index in [9.17, 15) is 8.42 Å². The van der Waals surface area contributed by atoms with Crippen LogP contribution in [-0.4, -0.2) is 36.9 Å². The third-order valence-electron chi connectivity index (χ3n) is 2.11. The average Bonchev–Trinajstić information content (AvgIpc) is 2.60. The van der Waals surface area contributed by atoms with Crippen LogP contribution in [0.5, 0.6) is 0 Å². The third-order valence-corrected chi connectivity index (χ3v) is 2.92. The van der Waals surface area contributed by atoms with Gasteiger partial charge in [0.25, 0.3) is 15.2 Å². The summed E-state index contributed by atoms with van der Waals surface area (Å²) >= 11 is 0. The van der Waals surface area contributed by atoms with Crippen molar-refractivity contribution in [2.24, 2.45) is 5.14 Å². The minimum absolute atomic E-state index is 0.178. The molecule has 2 N–H and O–H groups in total. The number of methoxy groups -OCH3 is 1. The quantitative estimate of drug-likeness (QED) is 0.686.